The summed E-state index contributed by atoms with van der Waals surface area (Å²) >= 11 is 0. The van der Waals surface area contributed by atoms with E-state index in [2.05, 4.69) is 30.1 Å². The average molecular weight is 340 g/mol. The number of hydrogen-bond donors (Lipinski definition) is 1. The Labute approximate surface area is 146 Å². The van der Waals surface area contributed by atoms with Gasteiger partial charge in [-0.2, -0.15) is 0 Å². The number of rotatable bonds is 6. The average Bonchev–Trinajstić information content (AvgIpc) is 2.49. The minimum atomic E-state index is 0. The van der Waals surface area contributed by atoms with Crippen LogP contribution in [0.5, 0.6) is 0 Å². The summed E-state index contributed by atoms with van der Waals surface area (Å²) in [5, 5.41) is 3.41. The molecule has 1 heterocycles. The summed E-state index contributed by atoms with van der Waals surface area (Å²) in [4.78, 5) is 17.2. The Hall–Kier alpha value is -1.26. The Morgan fingerprint density at radius 2 is 2.00 bits per heavy atom. The normalized spacial score (nSPS) is 13.3. The zero-order valence-electron chi connectivity index (χ0n) is 14.8. The molecule has 0 aromatic heterocycles. The van der Waals surface area contributed by atoms with E-state index in [1.807, 2.05) is 31.1 Å². The summed E-state index contributed by atoms with van der Waals surface area (Å²) in [6.07, 6.45) is 2.09. The van der Waals surface area contributed by atoms with Crippen molar-refractivity contribution < 1.29 is 4.79 Å². The van der Waals surface area contributed by atoms with Crippen molar-refractivity contribution in [2.75, 3.05) is 45.6 Å². The van der Waals surface area contributed by atoms with Crippen molar-refractivity contribution in [1.29, 1.82) is 0 Å². The van der Waals surface area contributed by atoms with E-state index in [0.717, 1.165) is 50.3 Å². The van der Waals surface area contributed by atoms with E-state index in [0.29, 0.717) is 5.92 Å². The molecular weight excluding hydrogens is 310 g/mol. The fraction of sp³-hybridized carbons (Fsp3) is 0.611. The quantitative estimate of drug-likeness (QED) is 0.865. The van der Waals surface area contributed by atoms with Crippen molar-refractivity contribution in [3.05, 3.63) is 29.3 Å². The Morgan fingerprint density at radius 1 is 1.26 bits per heavy atom. The first kappa shape index (κ1) is 19.8. The lowest BCUT2D eigenvalue weighted by molar-refractivity contribution is 0.0723. The third-order valence-electron chi connectivity index (χ3n) is 4.02. The van der Waals surface area contributed by atoms with Crippen molar-refractivity contribution in [1.82, 2.24) is 9.80 Å². The van der Waals surface area contributed by atoms with Gasteiger partial charge in [0.2, 0.25) is 0 Å². The number of carbonyl (C=O) groups is 1. The molecule has 0 fully saturated rings. The Kier molecular flexibility index (Phi) is 7.86. The van der Waals surface area contributed by atoms with Crippen molar-refractivity contribution in [2.45, 2.75) is 26.7 Å². The molecule has 0 saturated carbocycles. The minimum absolute atomic E-state index is 0. The van der Waals surface area contributed by atoms with Crippen LogP contribution in [0, 0.1) is 5.92 Å². The van der Waals surface area contributed by atoms with Crippen molar-refractivity contribution in [3.63, 3.8) is 0 Å². The second-order valence-electron chi connectivity index (χ2n) is 6.81. The van der Waals surface area contributed by atoms with Gasteiger partial charge in [-0.05, 0) is 50.6 Å². The molecule has 2 rings (SSSR count). The van der Waals surface area contributed by atoms with E-state index in [1.165, 1.54) is 5.56 Å². The van der Waals surface area contributed by atoms with Crippen LogP contribution in [0.25, 0.3) is 0 Å². The van der Waals surface area contributed by atoms with Gasteiger partial charge in [0.1, 0.15) is 0 Å². The third-order valence-corrected chi connectivity index (χ3v) is 4.02. The topological polar surface area (TPSA) is 35.6 Å². The van der Waals surface area contributed by atoms with E-state index in [1.54, 1.807) is 0 Å². The molecule has 1 aromatic rings. The molecule has 5 heteroatoms. The predicted molar refractivity (Wildman–Crippen MR) is 99.8 cm³/mol. The van der Waals surface area contributed by atoms with Crippen LogP contribution in [-0.4, -0.2) is 56.0 Å². The fourth-order valence-corrected chi connectivity index (χ4v) is 2.92. The number of nitrogens with zero attached hydrogens (tertiary/aromatic N) is 2. The lowest BCUT2D eigenvalue weighted by Crippen LogP contribution is -2.39. The number of nitrogens with one attached hydrogen (secondary N) is 1. The van der Waals surface area contributed by atoms with Gasteiger partial charge in [0.05, 0.1) is 0 Å². The summed E-state index contributed by atoms with van der Waals surface area (Å²) in [5.74, 6) is 0.653. The highest BCUT2D eigenvalue weighted by Crippen LogP contribution is 2.26. The number of likely N-dealkylation sites (N-methyl/N-ethyl adjacent to an activating group) is 1. The van der Waals surface area contributed by atoms with Crippen LogP contribution >= 0.6 is 12.4 Å². The zero-order chi connectivity index (χ0) is 16.1. The molecule has 1 N–H and O–H groups in total. The van der Waals surface area contributed by atoms with Crippen LogP contribution < -0.4 is 5.32 Å². The maximum Gasteiger partial charge on any atom is 0.254 e. The molecule has 4 nitrogen and oxygen atoms in total. The summed E-state index contributed by atoms with van der Waals surface area (Å²) < 4.78 is 0. The Balaban J connectivity index is 0.00000264. The van der Waals surface area contributed by atoms with Gasteiger partial charge in [0, 0.05) is 37.4 Å². The smallest absolute Gasteiger partial charge is 0.254 e. The molecular formula is C18H30ClN3O. The summed E-state index contributed by atoms with van der Waals surface area (Å²) in [7, 11) is 4.10. The maximum absolute atomic E-state index is 13.0. The number of hydrogen-bond acceptors (Lipinski definition) is 3. The molecule has 0 radical (unpaired) electrons. The van der Waals surface area contributed by atoms with E-state index in [9.17, 15) is 4.79 Å². The largest absolute Gasteiger partial charge is 0.385 e. The van der Waals surface area contributed by atoms with Crippen LogP contribution in [0.15, 0.2) is 18.2 Å². The van der Waals surface area contributed by atoms with Gasteiger partial charge in [-0.15, -0.1) is 12.4 Å². The van der Waals surface area contributed by atoms with Crippen LogP contribution in [-0.2, 0) is 6.42 Å². The standard InChI is InChI=1S/C18H29N3O.ClH/c1-14(2)13-21(12-11-20(3)4)18(22)16-7-5-9-17-15(16)8-6-10-19-17;/h5,7,9,14,19H,6,8,10-13H2,1-4H3;1H. The lowest BCUT2D eigenvalue weighted by Gasteiger charge is -2.28. The molecule has 0 saturated heterocycles. The summed E-state index contributed by atoms with van der Waals surface area (Å²) in [6.45, 7) is 7.81. The second kappa shape index (κ2) is 9.14. The fourth-order valence-electron chi connectivity index (χ4n) is 2.92. The van der Waals surface area contributed by atoms with Crippen LogP contribution in [0.3, 0.4) is 0 Å². The molecule has 130 valence electrons. The number of fused-ring (bicyclic) bond motifs is 1. The van der Waals surface area contributed by atoms with E-state index in [4.69, 9.17) is 0 Å². The number of amides is 1. The highest BCUT2D eigenvalue weighted by molar-refractivity contribution is 5.97. The predicted octanol–water partition coefficient (Wildman–Crippen LogP) is 3.13. The second-order valence-corrected chi connectivity index (χ2v) is 6.81. The number of benzene rings is 1. The van der Waals surface area contributed by atoms with Gasteiger partial charge in [0.15, 0.2) is 0 Å². The van der Waals surface area contributed by atoms with E-state index in [-0.39, 0.29) is 18.3 Å². The molecule has 0 unspecified atom stereocenters. The number of anilines is 1. The molecule has 23 heavy (non-hydrogen) atoms. The highest BCUT2D eigenvalue weighted by atomic mass is 35.5. The van der Waals surface area contributed by atoms with E-state index < -0.39 is 0 Å². The highest BCUT2D eigenvalue weighted by Gasteiger charge is 2.22. The number of carbonyl (C=O) groups excluding carboxylic acids is 1. The summed E-state index contributed by atoms with van der Waals surface area (Å²) in [5.41, 5.74) is 3.20. The lowest BCUT2D eigenvalue weighted by atomic mass is 9.96. The van der Waals surface area contributed by atoms with Crippen LogP contribution in [0.2, 0.25) is 0 Å². The van der Waals surface area contributed by atoms with Gasteiger partial charge >= 0.3 is 0 Å². The molecule has 1 aliphatic heterocycles. The van der Waals surface area contributed by atoms with Crippen molar-refractivity contribution in [3.8, 4) is 0 Å². The third kappa shape index (κ3) is 5.40. The first-order valence-electron chi connectivity index (χ1n) is 8.28. The number of halogens is 1. The first-order valence-corrected chi connectivity index (χ1v) is 8.28. The molecule has 0 aliphatic carbocycles. The minimum Gasteiger partial charge on any atom is -0.385 e. The van der Waals surface area contributed by atoms with Gasteiger partial charge in [0.25, 0.3) is 5.91 Å². The van der Waals surface area contributed by atoms with Crippen molar-refractivity contribution >= 4 is 24.0 Å². The van der Waals surface area contributed by atoms with Crippen molar-refractivity contribution in [2.24, 2.45) is 5.92 Å². The SMILES string of the molecule is CC(C)CN(CCN(C)C)C(=O)c1cccc2c1CCCN2.Cl. The Bertz CT molecular complexity index is 517. The zero-order valence-corrected chi connectivity index (χ0v) is 15.6. The van der Waals surface area contributed by atoms with Crippen LogP contribution in [0.4, 0.5) is 5.69 Å². The van der Waals surface area contributed by atoms with Gasteiger partial charge in [-0.25, -0.2) is 0 Å². The molecule has 1 aromatic carbocycles. The molecule has 1 aliphatic rings. The van der Waals surface area contributed by atoms with Gasteiger partial charge < -0.3 is 15.1 Å². The van der Waals surface area contributed by atoms with Gasteiger partial charge in [-0.1, -0.05) is 19.9 Å². The summed E-state index contributed by atoms with van der Waals surface area (Å²) in [6, 6.07) is 6.05. The molecule has 0 atom stereocenters. The maximum atomic E-state index is 13.0. The Morgan fingerprint density at radius 3 is 2.65 bits per heavy atom. The first-order chi connectivity index (χ1) is 10.5. The van der Waals surface area contributed by atoms with Crippen LogP contribution in [0.1, 0.15) is 36.2 Å². The van der Waals surface area contributed by atoms with E-state index >= 15 is 0 Å². The molecule has 0 spiro atoms. The molecule has 1 amide bonds. The monoisotopic (exact) mass is 339 g/mol. The molecule has 0 bridgehead atoms. The van der Waals surface area contributed by atoms with Gasteiger partial charge in [-0.3, -0.25) is 4.79 Å².